The van der Waals surface area contributed by atoms with Gasteiger partial charge in [0.2, 0.25) is 0 Å². The van der Waals surface area contributed by atoms with Crippen LogP contribution in [0.1, 0.15) is 42.4 Å². The maximum atomic E-state index is 11.2. The van der Waals surface area contributed by atoms with E-state index >= 15 is 0 Å². The molecule has 3 N–H and O–H groups in total. The fourth-order valence-corrected chi connectivity index (χ4v) is 3.81. The predicted octanol–water partition coefficient (Wildman–Crippen LogP) is 4.11. The van der Waals surface area contributed by atoms with Gasteiger partial charge in [-0.2, -0.15) is 0 Å². The lowest BCUT2D eigenvalue weighted by atomic mass is 10.0. The van der Waals surface area contributed by atoms with Crippen LogP contribution in [-0.4, -0.2) is 31.1 Å². The number of fused-ring (bicyclic) bond motifs is 1. The molecule has 0 bridgehead atoms. The summed E-state index contributed by atoms with van der Waals surface area (Å²) in [6.45, 7) is 4.26. The minimum absolute atomic E-state index is 0.0358. The molecule has 2 aromatic carbocycles. The second-order valence-electron chi connectivity index (χ2n) is 7.93. The van der Waals surface area contributed by atoms with E-state index in [1.807, 2.05) is 6.07 Å². The van der Waals surface area contributed by atoms with E-state index < -0.39 is 5.91 Å². The number of carbonyl (C=O) groups is 1. The smallest absolute Gasteiger partial charge is 0.267 e. The van der Waals surface area contributed by atoms with Crippen molar-refractivity contribution >= 4 is 22.9 Å². The molecule has 1 atom stereocenters. The van der Waals surface area contributed by atoms with Crippen molar-refractivity contribution in [1.82, 2.24) is 25.5 Å². The quantitative estimate of drug-likeness (QED) is 0.240. The second kappa shape index (κ2) is 8.97. The Morgan fingerprint density at radius 1 is 1.16 bits per heavy atom. The van der Waals surface area contributed by atoms with Gasteiger partial charge < -0.3 is 4.98 Å². The number of benzene rings is 2. The van der Waals surface area contributed by atoms with Crippen molar-refractivity contribution in [2.45, 2.75) is 26.3 Å². The van der Waals surface area contributed by atoms with E-state index in [4.69, 9.17) is 5.21 Å². The summed E-state index contributed by atoms with van der Waals surface area (Å²) in [6.07, 6.45) is 5.39. The number of rotatable bonds is 7. The highest BCUT2D eigenvalue weighted by Crippen LogP contribution is 2.29. The molecule has 7 nitrogen and oxygen atoms in total. The van der Waals surface area contributed by atoms with Gasteiger partial charge in [-0.1, -0.05) is 61.5 Å². The Morgan fingerprint density at radius 2 is 1.97 bits per heavy atom. The monoisotopic (exact) mass is 415 g/mol. The van der Waals surface area contributed by atoms with E-state index in [0.717, 1.165) is 23.0 Å². The van der Waals surface area contributed by atoms with Crippen molar-refractivity contribution < 1.29 is 10.0 Å². The van der Waals surface area contributed by atoms with Crippen LogP contribution in [0, 0.1) is 5.92 Å². The van der Waals surface area contributed by atoms with Gasteiger partial charge >= 0.3 is 0 Å². The standard InChI is InChI=1S/C24H25N5O2/c1-16(2)24(29-15-20(26-28-29)10-11-23(30)27-31)22-14-19-9-8-18(13-21(19)25-22)12-17-6-4-3-5-7-17/h3-11,13-16,24-25,31H,12H2,1-2H3,(H,27,30)/b11-10+. The molecule has 1 unspecified atom stereocenters. The highest BCUT2D eigenvalue weighted by Gasteiger charge is 2.21. The van der Waals surface area contributed by atoms with Gasteiger partial charge in [-0.05, 0) is 47.1 Å². The molecule has 2 heterocycles. The molecule has 0 saturated carbocycles. The molecule has 158 valence electrons. The van der Waals surface area contributed by atoms with Gasteiger partial charge in [0.25, 0.3) is 5.91 Å². The summed E-state index contributed by atoms with van der Waals surface area (Å²) in [4.78, 5) is 14.8. The van der Waals surface area contributed by atoms with Crippen molar-refractivity contribution in [3.8, 4) is 0 Å². The average Bonchev–Trinajstić information content (AvgIpc) is 3.39. The SMILES string of the molecule is CC(C)C(c1cc2ccc(Cc3ccccc3)cc2[nH]1)n1cc(/C=C/C(=O)NO)nn1. The van der Waals surface area contributed by atoms with Crippen molar-refractivity contribution in [1.29, 1.82) is 0 Å². The Bertz CT molecular complexity index is 1210. The summed E-state index contributed by atoms with van der Waals surface area (Å²) in [5.41, 5.74) is 6.78. The topological polar surface area (TPSA) is 95.8 Å². The molecule has 4 aromatic rings. The third-order valence-electron chi connectivity index (χ3n) is 5.24. The largest absolute Gasteiger partial charge is 0.357 e. The first kappa shape index (κ1) is 20.6. The Balaban J connectivity index is 1.61. The minimum Gasteiger partial charge on any atom is -0.357 e. The number of aromatic amines is 1. The molecule has 0 aliphatic heterocycles. The van der Waals surface area contributed by atoms with Crippen LogP contribution >= 0.6 is 0 Å². The van der Waals surface area contributed by atoms with Crippen LogP contribution in [-0.2, 0) is 11.2 Å². The first-order chi connectivity index (χ1) is 15.0. The van der Waals surface area contributed by atoms with Crippen LogP contribution in [0.25, 0.3) is 17.0 Å². The van der Waals surface area contributed by atoms with Crippen molar-refractivity contribution in [3.05, 3.63) is 89.4 Å². The summed E-state index contributed by atoms with van der Waals surface area (Å²) in [5.74, 6) is -0.354. The Morgan fingerprint density at radius 3 is 2.71 bits per heavy atom. The lowest BCUT2D eigenvalue weighted by molar-refractivity contribution is -0.124. The molecule has 2 aromatic heterocycles. The minimum atomic E-state index is -0.614. The lowest BCUT2D eigenvalue weighted by Gasteiger charge is -2.19. The number of nitrogens with one attached hydrogen (secondary N) is 2. The third kappa shape index (κ3) is 4.73. The van der Waals surface area contributed by atoms with Crippen LogP contribution in [0.3, 0.4) is 0 Å². The van der Waals surface area contributed by atoms with Crippen LogP contribution in [0.2, 0.25) is 0 Å². The van der Waals surface area contributed by atoms with Gasteiger partial charge in [0.1, 0.15) is 5.69 Å². The van der Waals surface area contributed by atoms with Gasteiger partial charge in [0.05, 0.1) is 12.2 Å². The summed E-state index contributed by atoms with van der Waals surface area (Å²) in [5, 5.41) is 18.1. The van der Waals surface area contributed by atoms with Crippen LogP contribution in [0.4, 0.5) is 0 Å². The Labute approximate surface area is 180 Å². The fraction of sp³-hybridized carbons (Fsp3) is 0.208. The predicted molar refractivity (Wildman–Crippen MR) is 120 cm³/mol. The van der Waals surface area contributed by atoms with Crippen LogP contribution in [0.5, 0.6) is 0 Å². The lowest BCUT2D eigenvalue weighted by Crippen LogP contribution is -2.17. The summed E-state index contributed by atoms with van der Waals surface area (Å²) in [6, 6.07) is 19.1. The second-order valence-corrected chi connectivity index (χ2v) is 7.93. The van der Waals surface area contributed by atoms with Crippen LogP contribution < -0.4 is 5.48 Å². The van der Waals surface area contributed by atoms with Crippen molar-refractivity contribution in [2.24, 2.45) is 5.92 Å². The van der Waals surface area contributed by atoms with Gasteiger partial charge in [0.15, 0.2) is 0 Å². The van der Waals surface area contributed by atoms with E-state index in [0.29, 0.717) is 5.69 Å². The average molecular weight is 415 g/mol. The maximum Gasteiger partial charge on any atom is 0.267 e. The number of nitrogens with zero attached hydrogens (tertiary/aromatic N) is 3. The molecular weight excluding hydrogens is 390 g/mol. The number of hydrogen-bond donors (Lipinski definition) is 3. The first-order valence-electron chi connectivity index (χ1n) is 10.2. The van der Waals surface area contributed by atoms with E-state index in [-0.39, 0.29) is 12.0 Å². The van der Waals surface area contributed by atoms with Gasteiger partial charge in [-0.3, -0.25) is 10.0 Å². The molecule has 1 amide bonds. The molecule has 0 aliphatic carbocycles. The number of carbonyl (C=O) groups excluding carboxylic acids is 1. The number of H-pyrrole nitrogens is 1. The molecule has 31 heavy (non-hydrogen) atoms. The molecule has 0 radical (unpaired) electrons. The highest BCUT2D eigenvalue weighted by molar-refractivity contribution is 5.90. The van der Waals surface area contributed by atoms with Gasteiger partial charge in [-0.25, -0.2) is 10.2 Å². The zero-order valence-corrected chi connectivity index (χ0v) is 17.5. The Kier molecular flexibility index (Phi) is 5.95. The molecule has 0 saturated heterocycles. The molecule has 7 heteroatoms. The number of aromatic nitrogens is 4. The molecule has 0 spiro atoms. The van der Waals surface area contributed by atoms with Gasteiger partial charge in [0, 0.05) is 17.3 Å². The summed E-state index contributed by atoms with van der Waals surface area (Å²) >= 11 is 0. The zero-order chi connectivity index (χ0) is 21.8. The normalized spacial score (nSPS) is 12.6. The van der Waals surface area contributed by atoms with E-state index in [1.54, 1.807) is 16.4 Å². The highest BCUT2D eigenvalue weighted by atomic mass is 16.5. The molecule has 4 rings (SSSR count). The number of amides is 1. The van der Waals surface area contributed by atoms with Crippen LogP contribution in [0.15, 0.2) is 66.9 Å². The molecule has 0 fully saturated rings. The zero-order valence-electron chi connectivity index (χ0n) is 17.5. The summed E-state index contributed by atoms with van der Waals surface area (Å²) in [7, 11) is 0. The number of hydrogen-bond acceptors (Lipinski definition) is 4. The van der Waals surface area contributed by atoms with E-state index in [9.17, 15) is 4.79 Å². The Hall–Kier alpha value is -3.71. The molecular formula is C24H25N5O2. The van der Waals surface area contributed by atoms with E-state index in [1.165, 1.54) is 23.3 Å². The molecule has 0 aliphatic rings. The van der Waals surface area contributed by atoms with E-state index in [2.05, 4.69) is 77.7 Å². The van der Waals surface area contributed by atoms with Crippen molar-refractivity contribution in [3.63, 3.8) is 0 Å². The number of hydroxylamine groups is 1. The fourth-order valence-electron chi connectivity index (χ4n) is 3.81. The first-order valence-corrected chi connectivity index (χ1v) is 10.2. The van der Waals surface area contributed by atoms with Gasteiger partial charge in [-0.15, -0.1) is 5.10 Å². The third-order valence-corrected chi connectivity index (χ3v) is 5.24. The van der Waals surface area contributed by atoms with Crippen molar-refractivity contribution in [2.75, 3.05) is 0 Å². The maximum absolute atomic E-state index is 11.2. The summed E-state index contributed by atoms with van der Waals surface area (Å²) < 4.78 is 1.80.